The Morgan fingerprint density at radius 2 is 1.87 bits per heavy atom. The normalized spacial score (nSPS) is 14.6. The van der Waals surface area contributed by atoms with Crippen molar-refractivity contribution in [1.82, 2.24) is 15.1 Å². The number of carbonyl (C=O) groups excluding carboxylic acids is 2. The topological polar surface area (TPSA) is 52.7 Å². The molecule has 2 amide bonds. The van der Waals surface area contributed by atoms with E-state index in [2.05, 4.69) is 48.3 Å². The van der Waals surface area contributed by atoms with Gasteiger partial charge in [-0.25, -0.2) is 0 Å². The molecule has 23 heavy (non-hydrogen) atoms. The van der Waals surface area contributed by atoms with Gasteiger partial charge in [0.2, 0.25) is 11.8 Å². The number of nitrogens with one attached hydrogen (secondary N) is 1. The molecule has 1 heterocycles. The lowest BCUT2D eigenvalue weighted by atomic mass is 10.1. The van der Waals surface area contributed by atoms with E-state index in [1.54, 1.807) is 16.7 Å². The van der Waals surface area contributed by atoms with Crippen LogP contribution in [0.3, 0.4) is 0 Å². The number of hydrogen-bond acceptors (Lipinski definition) is 4. The molecular weight excluding hydrogens is 310 g/mol. The van der Waals surface area contributed by atoms with E-state index in [4.69, 9.17) is 0 Å². The highest BCUT2D eigenvalue weighted by Crippen LogP contribution is 2.14. The summed E-state index contributed by atoms with van der Waals surface area (Å²) in [4.78, 5) is 27.3. The van der Waals surface area contributed by atoms with Crippen molar-refractivity contribution in [3.63, 3.8) is 0 Å². The van der Waals surface area contributed by atoms with Crippen molar-refractivity contribution in [2.75, 3.05) is 31.3 Å². The van der Waals surface area contributed by atoms with Gasteiger partial charge in [0.05, 0.1) is 11.6 Å². The SMILES string of the molecule is CCN(CC)Cc1ccc(CNC(=O)CN2CSCC2=O)cc1. The third-order valence-electron chi connectivity index (χ3n) is 3.97. The highest BCUT2D eigenvalue weighted by Gasteiger charge is 2.22. The van der Waals surface area contributed by atoms with Crippen molar-refractivity contribution in [3.05, 3.63) is 35.4 Å². The molecule has 0 saturated carbocycles. The maximum absolute atomic E-state index is 11.9. The fourth-order valence-corrected chi connectivity index (χ4v) is 3.34. The summed E-state index contributed by atoms with van der Waals surface area (Å²) in [6.45, 7) is 8.03. The van der Waals surface area contributed by atoms with E-state index >= 15 is 0 Å². The Morgan fingerprint density at radius 1 is 1.22 bits per heavy atom. The predicted molar refractivity (Wildman–Crippen MR) is 94.0 cm³/mol. The van der Waals surface area contributed by atoms with Gasteiger partial charge >= 0.3 is 0 Å². The molecule has 2 rings (SSSR count). The van der Waals surface area contributed by atoms with Gasteiger partial charge in [-0.1, -0.05) is 38.1 Å². The molecule has 0 spiro atoms. The van der Waals surface area contributed by atoms with Gasteiger partial charge in [0.1, 0.15) is 6.54 Å². The third-order valence-corrected chi connectivity index (χ3v) is 4.92. The van der Waals surface area contributed by atoms with Gasteiger partial charge in [-0.15, -0.1) is 11.8 Å². The summed E-state index contributed by atoms with van der Waals surface area (Å²) in [6.07, 6.45) is 0. The minimum Gasteiger partial charge on any atom is -0.350 e. The van der Waals surface area contributed by atoms with E-state index in [1.165, 1.54) is 5.56 Å². The minimum atomic E-state index is -0.104. The van der Waals surface area contributed by atoms with Crippen LogP contribution in [0.15, 0.2) is 24.3 Å². The average molecular weight is 335 g/mol. The van der Waals surface area contributed by atoms with Crippen molar-refractivity contribution in [2.45, 2.75) is 26.9 Å². The second kappa shape index (κ2) is 8.93. The molecule has 5 nitrogen and oxygen atoms in total. The van der Waals surface area contributed by atoms with Crippen LogP contribution in [0.25, 0.3) is 0 Å². The van der Waals surface area contributed by atoms with E-state index in [9.17, 15) is 9.59 Å². The largest absolute Gasteiger partial charge is 0.350 e. The van der Waals surface area contributed by atoms with Crippen LogP contribution >= 0.6 is 11.8 Å². The summed E-state index contributed by atoms with van der Waals surface area (Å²) in [5, 5.41) is 2.88. The lowest BCUT2D eigenvalue weighted by molar-refractivity contribution is -0.132. The standard InChI is InChI=1S/C17H25N3O2S/c1-3-19(4-2)10-15-7-5-14(6-8-15)9-18-16(21)11-20-13-23-12-17(20)22/h5-8H,3-4,9-13H2,1-2H3,(H,18,21). The van der Waals surface area contributed by atoms with E-state index in [1.807, 2.05) is 0 Å². The van der Waals surface area contributed by atoms with Gasteiger partial charge in [0.25, 0.3) is 0 Å². The van der Waals surface area contributed by atoms with Gasteiger partial charge in [-0.2, -0.15) is 0 Å². The van der Waals surface area contributed by atoms with E-state index in [0.717, 1.165) is 25.2 Å². The number of hydrogen-bond donors (Lipinski definition) is 1. The summed E-state index contributed by atoms with van der Waals surface area (Å²) < 4.78 is 0. The van der Waals surface area contributed by atoms with Crippen LogP contribution in [0.5, 0.6) is 0 Å². The molecule has 0 atom stereocenters. The lowest BCUT2D eigenvalue weighted by Gasteiger charge is -2.18. The molecule has 6 heteroatoms. The van der Waals surface area contributed by atoms with Gasteiger partial charge < -0.3 is 10.2 Å². The van der Waals surface area contributed by atoms with Crippen LogP contribution in [-0.2, 0) is 22.7 Å². The molecule has 1 aromatic rings. The van der Waals surface area contributed by atoms with Crippen LogP contribution < -0.4 is 5.32 Å². The Bertz CT molecular complexity index is 529. The minimum absolute atomic E-state index is 0.0471. The second-order valence-electron chi connectivity index (χ2n) is 5.62. The molecule has 1 fully saturated rings. The smallest absolute Gasteiger partial charge is 0.239 e. The monoisotopic (exact) mass is 335 g/mol. The first-order chi connectivity index (χ1) is 11.1. The van der Waals surface area contributed by atoms with Gasteiger partial charge in [-0.3, -0.25) is 14.5 Å². The Morgan fingerprint density at radius 3 is 2.43 bits per heavy atom. The summed E-state index contributed by atoms with van der Waals surface area (Å²) in [6, 6.07) is 8.33. The lowest BCUT2D eigenvalue weighted by Crippen LogP contribution is -2.37. The number of thioether (sulfide) groups is 1. The number of nitrogens with zero attached hydrogens (tertiary/aromatic N) is 2. The number of rotatable bonds is 8. The highest BCUT2D eigenvalue weighted by molar-refractivity contribution is 8.00. The van der Waals surface area contributed by atoms with Crippen LogP contribution in [0.2, 0.25) is 0 Å². The fraction of sp³-hybridized carbons (Fsp3) is 0.529. The molecule has 0 radical (unpaired) electrons. The molecule has 0 bridgehead atoms. The zero-order valence-corrected chi connectivity index (χ0v) is 14.7. The zero-order valence-electron chi connectivity index (χ0n) is 13.9. The second-order valence-corrected chi connectivity index (χ2v) is 6.58. The molecule has 0 unspecified atom stereocenters. The van der Waals surface area contributed by atoms with Crippen LogP contribution in [0.1, 0.15) is 25.0 Å². The van der Waals surface area contributed by atoms with Gasteiger partial charge in [0.15, 0.2) is 0 Å². The first-order valence-electron chi connectivity index (χ1n) is 8.04. The van der Waals surface area contributed by atoms with Crippen LogP contribution in [-0.4, -0.2) is 52.9 Å². The molecule has 0 aromatic heterocycles. The van der Waals surface area contributed by atoms with Crippen LogP contribution in [0, 0.1) is 0 Å². The summed E-state index contributed by atoms with van der Waals surface area (Å²) in [5.41, 5.74) is 2.35. The summed E-state index contributed by atoms with van der Waals surface area (Å²) in [5.74, 6) is 1.05. The van der Waals surface area contributed by atoms with Crippen molar-refractivity contribution >= 4 is 23.6 Å². The Kier molecular flexibility index (Phi) is 6.92. The summed E-state index contributed by atoms with van der Waals surface area (Å²) in [7, 11) is 0. The Labute approximate surface area is 142 Å². The predicted octanol–water partition coefficient (Wildman–Crippen LogP) is 1.68. The third kappa shape index (κ3) is 5.55. The number of benzene rings is 1. The Hall–Kier alpha value is -1.53. The van der Waals surface area contributed by atoms with E-state index in [-0.39, 0.29) is 18.4 Å². The first kappa shape index (κ1) is 17.8. The van der Waals surface area contributed by atoms with Crippen molar-refractivity contribution in [2.24, 2.45) is 0 Å². The zero-order chi connectivity index (χ0) is 16.7. The van der Waals surface area contributed by atoms with Crippen molar-refractivity contribution in [3.8, 4) is 0 Å². The maximum Gasteiger partial charge on any atom is 0.239 e. The highest BCUT2D eigenvalue weighted by atomic mass is 32.2. The number of amides is 2. The molecule has 1 aliphatic rings. The molecule has 1 saturated heterocycles. The van der Waals surface area contributed by atoms with Crippen molar-refractivity contribution < 1.29 is 9.59 Å². The van der Waals surface area contributed by atoms with E-state index in [0.29, 0.717) is 18.2 Å². The van der Waals surface area contributed by atoms with Crippen LogP contribution in [0.4, 0.5) is 0 Å². The molecule has 1 aliphatic heterocycles. The first-order valence-corrected chi connectivity index (χ1v) is 9.20. The summed E-state index contributed by atoms with van der Waals surface area (Å²) >= 11 is 1.55. The van der Waals surface area contributed by atoms with Crippen molar-refractivity contribution in [1.29, 1.82) is 0 Å². The van der Waals surface area contributed by atoms with Gasteiger partial charge in [-0.05, 0) is 24.2 Å². The molecule has 126 valence electrons. The molecule has 0 aliphatic carbocycles. The average Bonchev–Trinajstić information content (AvgIpc) is 2.96. The molecule has 1 aromatic carbocycles. The quantitative estimate of drug-likeness (QED) is 0.785. The van der Waals surface area contributed by atoms with Gasteiger partial charge in [0, 0.05) is 13.1 Å². The van der Waals surface area contributed by atoms with E-state index < -0.39 is 0 Å². The molecular formula is C17H25N3O2S. The fourth-order valence-electron chi connectivity index (χ4n) is 2.44. The maximum atomic E-state index is 11.9. The number of carbonyl (C=O) groups is 2. The molecule has 1 N–H and O–H groups in total. The Balaban J connectivity index is 1.77.